The summed E-state index contributed by atoms with van der Waals surface area (Å²) >= 11 is 5.92. The summed E-state index contributed by atoms with van der Waals surface area (Å²) in [7, 11) is -3.81. The van der Waals surface area contributed by atoms with Crippen molar-refractivity contribution in [3.63, 3.8) is 0 Å². The van der Waals surface area contributed by atoms with E-state index in [1.54, 1.807) is 12.1 Å². The van der Waals surface area contributed by atoms with E-state index < -0.39 is 15.8 Å². The standard InChI is InChI=1S/C13H11ClFNO2S/c1-9-5-6-11(8-13(9)14)16-19(17,18)12-4-2-3-10(15)7-12/h2-8,16H,1H3. The van der Waals surface area contributed by atoms with Crippen molar-refractivity contribution in [3.05, 3.63) is 58.9 Å². The minimum atomic E-state index is -3.81. The number of hydrogen-bond donors (Lipinski definition) is 1. The molecule has 0 bridgehead atoms. The van der Waals surface area contributed by atoms with Crippen LogP contribution in [0.4, 0.5) is 10.1 Å². The minimum absolute atomic E-state index is 0.135. The Bertz CT molecular complexity index is 716. The third-order valence-electron chi connectivity index (χ3n) is 2.53. The van der Waals surface area contributed by atoms with Crippen LogP contribution in [-0.4, -0.2) is 8.42 Å². The molecule has 0 saturated carbocycles. The summed E-state index contributed by atoms with van der Waals surface area (Å²) in [5, 5.41) is 0.458. The van der Waals surface area contributed by atoms with Gasteiger partial charge in [-0.05, 0) is 42.8 Å². The first kappa shape index (κ1) is 13.8. The van der Waals surface area contributed by atoms with Gasteiger partial charge >= 0.3 is 0 Å². The van der Waals surface area contributed by atoms with Crippen LogP contribution in [0.25, 0.3) is 0 Å². The van der Waals surface area contributed by atoms with Gasteiger partial charge in [0.1, 0.15) is 5.82 Å². The second kappa shape index (κ2) is 5.19. The van der Waals surface area contributed by atoms with Gasteiger partial charge in [-0.15, -0.1) is 0 Å². The zero-order valence-electron chi connectivity index (χ0n) is 10.0. The van der Waals surface area contributed by atoms with Crippen LogP contribution in [0.15, 0.2) is 47.4 Å². The van der Waals surface area contributed by atoms with E-state index in [1.165, 1.54) is 24.3 Å². The van der Waals surface area contributed by atoms with Gasteiger partial charge in [-0.1, -0.05) is 23.7 Å². The fourth-order valence-corrected chi connectivity index (χ4v) is 2.77. The van der Waals surface area contributed by atoms with Gasteiger partial charge in [0.2, 0.25) is 0 Å². The minimum Gasteiger partial charge on any atom is -0.280 e. The SMILES string of the molecule is Cc1ccc(NS(=O)(=O)c2cccc(F)c2)cc1Cl. The summed E-state index contributed by atoms with van der Waals surface area (Å²) in [5.41, 5.74) is 1.18. The largest absolute Gasteiger partial charge is 0.280 e. The van der Waals surface area contributed by atoms with Gasteiger partial charge in [0.05, 0.1) is 10.6 Å². The second-order valence-electron chi connectivity index (χ2n) is 4.03. The molecule has 0 heterocycles. The molecule has 0 saturated heterocycles. The lowest BCUT2D eigenvalue weighted by Gasteiger charge is -2.09. The number of aryl methyl sites for hydroxylation is 1. The Morgan fingerprint density at radius 3 is 2.53 bits per heavy atom. The summed E-state index contributed by atoms with van der Waals surface area (Å²) in [6.45, 7) is 1.81. The Hall–Kier alpha value is -1.59. The zero-order valence-corrected chi connectivity index (χ0v) is 11.6. The molecule has 0 unspecified atom stereocenters. The normalized spacial score (nSPS) is 11.3. The number of hydrogen-bond acceptors (Lipinski definition) is 2. The fraction of sp³-hybridized carbons (Fsp3) is 0.0769. The third-order valence-corrected chi connectivity index (χ3v) is 4.32. The lowest BCUT2D eigenvalue weighted by molar-refractivity contribution is 0.595. The first-order valence-corrected chi connectivity index (χ1v) is 7.29. The lowest BCUT2D eigenvalue weighted by Crippen LogP contribution is -2.13. The summed E-state index contributed by atoms with van der Waals surface area (Å²) in [6, 6.07) is 9.60. The lowest BCUT2D eigenvalue weighted by atomic mass is 10.2. The van der Waals surface area contributed by atoms with Crippen molar-refractivity contribution in [1.29, 1.82) is 0 Å². The van der Waals surface area contributed by atoms with Gasteiger partial charge in [-0.2, -0.15) is 0 Å². The number of halogens is 2. The van der Waals surface area contributed by atoms with E-state index in [0.717, 1.165) is 11.6 Å². The molecule has 0 radical (unpaired) electrons. The van der Waals surface area contributed by atoms with E-state index >= 15 is 0 Å². The predicted octanol–water partition coefficient (Wildman–Crippen LogP) is 3.59. The van der Waals surface area contributed by atoms with Gasteiger partial charge < -0.3 is 0 Å². The van der Waals surface area contributed by atoms with Crippen molar-refractivity contribution in [1.82, 2.24) is 0 Å². The topological polar surface area (TPSA) is 46.2 Å². The van der Waals surface area contributed by atoms with E-state index in [0.29, 0.717) is 10.7 Å². The summed E-state index contributed by atoms with van der Waals surface area (Å²) in [6.07, 6.45) is 0. The molecule has 1 N–H and O–H groups in total. The summed E-state index contributed by atoms with van der Waals surface area (Å²) in [5.74, 6) is -0.607. The van der Waals surface area contributed by atoms with Crippen LogP contribution in [-0.2, 0) is 10.0 Å². The molecule has 3 nitrogen and oxygen atoms in total. The van der Waals surface area contributed by atoms with Crippen LogP contribution in [0.2, 0.25) is 5.02 Å². The average Bonchev–Trinajstić information content (AvgIpc) is 2.33. The van der Waals surface area contributed by atoms with E-state index in [2.05, 4.69) is 4.72 Å². The van der Waals surface area contributed by atoms with E-state index in [1.807, 2.05) is 6.92 Å². The Labute approximate surface area is 116 Å². The molecule has 2 aromatic carbocycles. The molecule has 0 aliphatic carbocycles. The Morgan fingerprint density at radius 1 is 1.16 bits per heavy atom. The first-order valence-electron chi connectivity index (χ1n) is 5.43. The van der Waals surface area contributed by atoms with Crippen LogP contribution in [0.1, 0.15) is 5.56 Å². The molecule has 0 fully saturated rings. The van der Waals surface area contributed by atoms with Crippen LogP contribution >= 0.6 is 11.6 Å². The van der Waals surface area contributed by atoms with Crippen molar-refractivity contribution in [2.24, 2.45) is 0 Å². The second-order valence-corrected chi connectivity index (χ2v) is 6.12. The maximum atomic E-state index is 13.0. The van der Waals surface area contributed by atoms with E-state index in [4.69, 9.17) is 11.6 Å². The molecule has 0 aliphatic rings. The fourth-order valence-electron chi connectivity index (χ4n) is 1.50. The number of benzene rings is 2. The number of sulfonamides is 1. The molecule has 2 aromatic rings. The number of anilines is 1. The molecular weight excluding hydrogens is 289 g/mol. The van der Waals surface area contributed by atoms with Gasteiger partial charge in [0.15, 0.2) is 0 Å². The van der Waals surface area contributed by atoms with E-state index in [-0.39, 0.29) is 4.90 Å². The monoisotopic (exact) mass is 299 g/mol. The molecule has 2 rings (SSSR count). The summed E-state index contributed by atoms with van der Waals surface area (Å²) in [4.78, 5) is -0.135. The van der Waals surface area contributed by atoms with Crippen molar-refractivity contribution in [3.8, 4) is 0 Å². The van der Waals surface area contributed by atoms with Crippen LogP contribution in [0.3, 0.4) is 0 Å². The quantitative estimate of drug-likeness (QED) is 0.941. The van der Waals surface area contributed by atoms with Crippen LogP contribution in [0, 0.1) is 12.7 Å². The Kier molecular flexibility index (Phi) is 3.78. The Balaban J connectivity index is 2.33. The highest BCUT2D eigenvalue weighted by molar-refractivity contribution is 7.92. The molecule has 0 amide bonds. The van der Waals surface area contributed by atoms with Gasteiger partial charge in [-0.25, -0.2) is 12.8 Å². The Morgan fingerprint density at radius 2 is 1.89 bits per heavy atom. The predicted molar refractivity (Wildman–Crippen MR) is 73.4 cm³/mol. The number of rotatable bonds is 3. The van der Waals surface area contributed by atoms with Crippen molar-refractivity contribution < 1.29 is 12.8 Å². The molecule has 0 aromatic heterocycles. The summed E-state index contributed by atoms with van der Waals surface area (Å²) < 4.78 is 39.4. The maximum absolute atomic E-state index is 13.0. The average molecular weight is 300 g/mol. The van der Waals surface area contributed by atoms with E-state index in [9.17, 15) is 12.8 Å². The molecule has 100 valence electrons. The molecule has 0 aliphatic heterocycles. The molecule has 6 heteroatoms. The van der Waals surface area contributed by atoms with Crippen molar-refractivity contribution >= 4 is 27.3 Å². The highest BCUT2D eigenvalue weighted by Crippen LogP contribution is 2.22. The smallest absolute Gasteiger partial charge is 0.261 e. The highest BCUT2D eigenvalue weighted by atomic mass is 35.5. The van der Waals surface area contributed by atoms with Crippen LogP contribution < -0.4 is 4.72 Å². The molecular formula is C13H11ClFNO2S. The molecule has 0 atom stereocenters. The van der Waals surface area contributed by atoms with Gasteiger partial charge in [-0.3, -0.25) is 4.72 Å². The van der Waals surface area contributed by atoms with Gasteiger partial charge in [0, 0.05) is 5.02 Å². The highest BCUT2D eigenvalue weighted by Gasteiger charge is 2.15. The zero-order chi connectivity index (χ0) is 14.0. The van der Waals surface area contributed by atoms with Crippen molar-refractivity contribution in [2.45, 2.75) is 11.8 Å². The number of nitrogens with one attached hydrogen (secondary N) is 1. The van der Waals surface area contributed by atoms with Crippen molar-refractivity contribution in [2.75, 3.05) is 4.72 Å². The molecule has 0 spiro atoms. The maximum Gasteiger partial charge on any atom is 0.261 e. The first-order chi connectivity index (χ1) is 8.88. The van der Waals surface area contributed by atoms with Crippen LogP contribution in [0.5, 0.6) is 0 Å². The molecule has 19 heavy (non-hydrogen) atoms. The van der Waals surface area contributed by atoms with Gasteiger partial charge in [0.25, 0.3) is 10.0 Å². The third kappa shape index (κ3) is 3.24.